The van der Waals surface area contributed by atoms with Gasteiger partial charge in [-0.3, -0.25) is 0 Å². The molecule has 6 heteroatoms. The van der Waals surface area contributed by atoms with Gasteiger partial charge in [0.15, 0.2) is 0 Å². The first-order valence-electron chi connectivity index (χ1n) is 6.35. The Labute approximate surface area is 114 Å². The van der Waals surface area contributed by atoms with E-state index in [1.165, 1.54) is 0 Å². The van der Waals surface area contributed by atoms with Crippen LogP contribution >= 0.6 is 0 Å². The third-order valence-corrected chi connectivity index (χ3v) is 5.21. The molecule has 0 saturated carbocycles. The molecule has 1 aromatic carbocycles. The first-order chi connectivity index (χ1) is 8.92. The molecule has 1 fully saturated rings. The van der Waals surface area contributed by atoms with Gasteiger partial charge in [-0.1, -0.05) is 6.07 Å². The molecule has 2 rings (SSSR count). The molecule has 1 heterocycles. The first-order valence-corrected chi connectivity index (χ1v) is 7.83. The number of aryl methyl sites for hydroxylation is 1. The zero-order valence-corrected chi connectivity index (χ0v) is 12.1. The number of anilines is 1. The molecule has 0 bridgehead atoms. The summed E-state index contributed by atoms with van der Waals surface area (Å²) in [5.41, 5.74) is 7.60. The number of sulfonamides is 1. The predicted octanol–water partition coefficient (Wildman–Crippen LogP) is 1.20. The highest BCUT2D eigenvalue weighted by Gasteiger charge is 2.23. The van der Waals surface area contributed by atoms with E-state index in [0.29, 0.717) is 41.5 Å². The van der Waals surface area contributed by atoms with Gasteiger partial charge in [0, 0.05) is 18.8 Å². The molecule has 1 aliphatic heterocycles. The van der Waals surface area contributed by atoms with E-state index in [1.54, 1.807) is 26.0 Å². The molecule has 0 amide bonds. The number of nitrogens with one attached hydrogen (secondary N) is 1. The molecule has 106 valence electrons. The van der Waals surface area contributed by atoms with Gasteiger partial charge in [0.05, 0.1) is 11.5 Å². The van der Waals surface area contributed by atoms with E-state index in [4.69, 9.17) is 10.5 Å². The Morgan fingerprint density at radius 3 is 2.79 bits per heavy atom. The lowest BCUT2D eigenvalue weighted by molar-refractivity contribution is 0.186. The van der Waals surface area contributed by atoms with Crippen LogP contribution in [0.15, 0.2) is 17.0 Å². The Hall–Kier alpha value is -1.11. The molecule has 1 unspecified atom stereocenters. The minimum atomic E-state index is -3.52. The summed E-state index contributed by atoms with van der Waals surface area (Å²) < 4.78 is 32.7. The van der Waals surface area contributed by atoms with Crippen molar-refractivity contribution in [3.05, 3.63) is 23.3 Å². The molecule has 0 radical (unpaired) electrons. The van der Waals surface area contributed by atoms with Crippen LogP contribution in [-0.4, -0.2) is 28.2 Å². The number of benzene rings is 1. The summed E-state index contributed by atoms with van der Waals surface area (Å²) >= 11 is 0. The van der Waals surface area contributed by atoms with Crippen LogP contribution in [0.25, 0.3) is 0 Å². The Bertz CT molecular complexity index is 563. The molecule has 19 heavy (non-hydrogen) atoms. The normalized spacial score (nSPS) is 19.8. The van der Waals surface area contributed by atoms with E-state index >= 15 is 0 Å². The summed E-state index contributed by atoms with van der Waals surface area (Å²) in [6.45, 7) is 5.26. The second kappa shape index (κ2) is 5.48. The van der Waals surface area contributed by atoms with E-state index in [0.717, 1.165) is 6.42 Å². The van der Waals surface area contributed by atoms with E-state index < -0.39 is 10.0 Å². The number of nitrogen functional groups attached to an aromatic ring is 1. The first kappa shape index (κ1) is 14.3. The predicted molar refractivity (Wildman–Crippen MR) is 74.4 cm³/mol. The van der Waals surface area contributed by atoms with Crippen LogP contribution in [0, 0.1) is 19.8 Å². The summed E-state index contributed by atoms with van der Waals surface area (Å²) in [6.07, 6.45) is 0.900. The van der Waals surface area contributed by atoms with E-state index in [1.807, 2.05) is 0 Å². The standard InChI is InChI=1S/C13H20N2O3S/c1-9-3-4-12(14)10(2)13(9)19(16,17)15-7-11-5-6-18-8-11/h3-4,11,15H,5-8,14H2,1-2H3. The van der Waals surface area contributed by atoms with Crippen molar-refractivity contribution in [1.82, 2.24) is 4.72 Å². The zero-order chi connectivity index (χ0) is 14.0. The van der Waals surface area contributed by atoms with Gasteiger partial charge in [0.1, 0.15) is 0 Å². The van der Waals surface area contributed by atoms with Crippen LogP contribution in [-0.2, 0) is 14.8 Å². The molecule has 1 saturated heterocycles. The van der Waals surface area contributed by atoms with Gasteiger partial charge in [0.25, 0.3) is 0 Å². The van der Waals surface area contributed by atoms with Crippen LogP contribution in [0.1, 0.15) is 17.5 Å². The maximum absolute atomic E-state index is 12.4. The summed E-state index contributed by atoms with van der Waals surface area (Å²) in [4.78, 5) is 0.298. The van der Waals surface area contributed by atoms with Crippen LogP contribution in [0.3, 0.4) is 0 Å². The molecule has 3 N–H and O–H groups in total. The summed E-state index contributed by atoms with van der Waals surface area (Å²) in [6, 6.07) is 3.46. The van der Waals surface area contributed by atoms with E-state index in [2.05, 4.69) is 4.72 Å². The smallest absolute Gasteiger partial charge is 0.241 e. The van der Waals surface area contributed by atoms with Gasteiger partial charge in [-0.2, -0.15) is 0 Å². The van der Waals surface area contributed by atoms with Gasteiger partial charge in [0.2, 0.25) is 10.0 Å². The van der Waals surface area contributed by atoms with E-state index in [9.17, 15) is 8.42 Å². The largest absolute Gasteiger partial charge is 0.398 e. The van der Waals surface area contributed by atoms with Gasteiger partial charge < -0.3 is 10.5 Å². The molecule has 1 aliphatic rings. The topological polar surface area (TPSA) is 81.4 Å². The number of hydrogen-bond acceptors (Lipinski definition) is 4. The molecule has 0 aliphatic carbocycles. The quantitative estimate of drug-likeness (QED) is 0.814. The van der Waals surface area contributed by atoms with Crippen LogP contribution in [0.2, 0.25) is 0 Å². The number of hydrogen-bond donors (Lipinski definition) is 2. The summed E-state index contributed by atoms with van der Waals surface area (Å²) in [7, 11) is -3.52. The molecule has 0 aromatic heterocycles. The lowest BCUT2D eigenvalue weighted by Gasteiger charge is -2.15. The van der Waals surface area contributed by atoms with Crippen molar-refractivity contribution in [3.63, 3.8) is 0 Å². The van der Waals surface area contributed by atoms with Gasteiger partial charge in [-0.25, -0.2) is 13.1 Å². The second-order valence-corrected chi connectivity index (χ2v) is 6.71. The Morgan fingerprint density at radius 1 is 1.42 bits per heavy atom. The highest BCUT2D eigenvalue weighted by molar-refractivity contribution is 7.89. The number of rotatable bonds is 4. The fourth-order valence-corrected chi connectivity index (χ4v) is 3.91. The maximum atomic E-state index is 12.4. The van der Waals surface area contributed by atoms with Crippen molar-refractivity contribution in [3.8, 4) is 0 Å². The van der Waals surface area contributed by atoms with Gasteiger partial charge >= 0.3 is 0 Å². The average molecular weight is 284 g/mol. The summed E-state index contributed by atoms with van der Waals surface area (Å²) in [5.74, 6) is 0.261. The monoisotopic (exact) mass is 284 g/mol. The zero-order valence-electron chi connectivity index (χ0n) is 11.3. The second-order valence-electron chi connectivity index (χ2n) is 5.01. The highest BCUT2D eigenvalue weighted by atomic mass is 32.2. The number of nitrogens with two attached hydrogens (primary N) is 1. The van der Waals surface area contributed by atoms with Crippen LogP contribution < -0.4 is 10.5 Å². The van der Waals surface area contributed by atoms with Crippen molar-refractivity contribution >= 4 is 15.7 Å². The third kappa shape index (κ3) is 3.08. The number of ether oxygens (including phenoxy) is 1. The van der Waals surface area contributed by atoms with Crippen molar-refractivity contribution in [1.29, 1.82) is 0 Å². The Kier molecular flexibility index (Phi) is 4.13. The van der Waals surface area contributed by atoms with Gasteiger partial charge in [-0.15, -0.1) is 0 Å². The molecular weight excluding hydrogens is 264 g/mol. The molecule has 1 aromatic rings. The fourth-order valence-electron chi connectivity index (χ4n) is 2.30. The third-order valence-electron chi connectivity index (χ3n) is 3.50. The van der Waals surface area contributed by atoms with Crippen LogP contribution in [0.4, 0.5) is 5.69 Å². The van der Waals surface area contributed by atoms with Crippen LogP contribution in [0.5, 0.6) is 0 Å². The average Bonchev–Trinajstić information content (AvgIpc) is 2.85. The highest BCUT2D eigenvalue weighted by Crippen LogP contribution is 2.24. The van der Waals surface area contributed by atoms with E-state index in [-0.39, 0.29) is 5.92 Å². The Morgan fingerprint density at radius 2 is 2.16 bits per heavy atom. The molecule has 5 nitrogen and oxygen atoms in total. The Balaban J connectivity index is 2.21. The minimum Gasteiger partial charge on any atom is -0.398 e. The molecular formula is C13H20N2O3S. The SMILES string of the molecule is Cc1ccc(N)c(C)c1S(=O)(=O)NCC1CCOC1. The fraction of sp³-hybridized carbons (Fsp3) is 0.538. The minimum absolute atomic E-state index is 0.261. The van der Waals surface area contributed by atoms with Crippen molar-refractivity contribution < 1.29 is 13.2 Å². The maximum Gasteiger partial charge on any atom is 0.241 e. The van der Waals surface area contributed by atoms with Gasteiger partial charge in [-0.05, 0) is 43.4 Å². The van der Waals surface area contributed by atoms with Crippen molar-refractivity contribution in [2.24, 2.45) is 5.92 Å². The van der Waals surface area contributed by atoms with Crippen molar-refractivity contribution in [2.45, 2.75) is 25.2 Å². The molecule has 1 atom stereocenters. The molecule has 0 spiro atoms. The van der Waals surface area contributed by atoms with Crippen molar-refractivity contribution in [2.75, 3.05) is 25.5 Å². The summed E-state index contributed by atoms with van der Waals surface area (Å²) in [5, 5.41) is 0. The lowest BCUT2D eigenvalue weighted by Crippen LogP contribution is -2.30. The lowest BCUT2D eigenvalue weighted by atomic mass is 10.1.